The van der Waals surface area contributed by atoms with Crippen LogP contribution in [0.1, 0.15) is 29.2 Å². The number of hydrazone groups is 1. The predicted molar refractivity (Wildman–Crippen MR) is 118 cm³/mol. The van der Waals surface area contributed by atoms with Crippen LogP contribution in [0.3, 0.4) is 0 Å². The van der Waals surface area contributed by atoms with Crippen LogP contribution in [0.5, 0.6) is 0 Å². The molecular weight excluding hydrogens is 359 g/mol. The van der Waals surface area contributed by atoms with E-state index in [1.165, 1.54) is 28.5 Å². The lowest BCUT2D eigenvalue weighted by atomic mass is 9.96. The van der Waals surface area contributed by atoms with Crippen molar-refractivity contribution >= 4 is 22.2 Å². The summed E-state index contributed by atoms with van der Waals surface area (Å²) in [6.07, 6.45) is 0.776. The van der Waals surface area contributed by atoms with Crippen molar-refractivity contribution < 1.29 is 4.39 Å². The van der Waals surface area contributed by atoms with Gasteiger partial charge in [-0.25, -0.2) is 4.39 Å². The molecule has 0 spiro atoms. The van der Waals surface area contributed by atoms with E-state index >= 15 is 0 Å². The van der Waals surface area contributed by atoms with Gasteiger partial charge in [0.1, 0.15) is 5.82 Å². The molecular formula is C26H21FN2. The van der Waals surface area contributed by atoms with Crippen molar-refractivity contribution in [3.63, 3.8) is 0 Å². The van der Waals surface area contributed by atoms with Gasteiger partial charge in [-0.1, -0.05) is 66.2 Å². The van der Waals surface area contributed by atoms with Gasteiger partial charge in [0.15, 0.2) is 0 Å². The summed E-state index contributed by atoms with van der Waals surface area (Å²) in [6.45, 7) is 2.08. The van der Waals surface area contributed by atoms with Crippen LogP contribution >= 0.6 is 0 Å². The van der Waals surface area contributed by atoms with Gasteiger partial charge in [-0.05, 0) is 59.2 Å². The van der Waals surface area contributed by atoms with E-state index in [0.717, 1.165) is 28.9 Å². The molecule has 0 amide bonds. The average Bonchev–Trinajstić information content (AvgIpc) is 3.20. The Kier molecular flexibility index (Phi) is 4.36. The number of rotatable bonds is 3. The molecule has 4 aromatic rings. The second-order valence-electron chi connectivity index (χ2n) is 7.56. The van der Waals surface area contributed by atoms with Crippen LogP contribution in [0.2, 0.25) is 0 Å². The van der Waals surface area contributed by atoms with E-state index in [1.807, 2.05) is 12.1 Å². The zero-order chi connectivity index (χ0) is 19.8. The molecule has 2 nitrogen and oxygen atoms in total. The molecule has 0 radical (unpaired) electrons. The van der Waals surface area contributed by atoms with Crippen molar-refractivity contribution in [1.82, 2.24) is 0 Å². The number of anilines is 1. The summed E-state index contributed by atoms with van der Waals surface area (Å²) in [6, 6.07) is 30.1. The lowest BCUT2D eigenvalue weighted by Crippen LogP contribution is -2.18. The molecule has 1 aliphatic rings. The predicted octanol–water partition coefficient (Wildman–Crippen LogP) is 6.64. The Hall–Kier alpha value is -3.46. The third-order valence-corrected chi connectivity index (χ3v) is 5.55. The molecule has 0 N–H and O–H groups in total. The minimum Gasteiger partial charge on any atom is -0.257 e. The third kappa shape index (κ3) is 3.40. The highest BCUT2D eigenvalue weighted by Crippen LogP contribution is 2.37. The number of hydrogen-bond donors (Lipinski definition) is 0. The first-order valence-electron chi connectivity index (χ1n) is 9.85. The van der Waals surface area contributed by atoms with Crippen molar-refractivity contribution in [3.05, 3.63) is 114 Å². The molecule has 29 heavy (non-hydrogen) atoms. The minimum atomic E-state index is -0.218. The molecule has 0 aromatic heterocycles. The van der Waals surface area contributed by atoms with Gasteiger partial charge in [-0.2, -0.15) is 5.10 Å². The molecule has 4 aromatic carbocycles. The van der Waals surface area contributed by atoms with Gasteiger partial charge in [-0.15, -0.1) is 0 Å². The maximum absolute atomic E-state index is 13.5. The summed E-state index contributed by atoms with van der Waals surface area (Å²) in [4.78, 5) is 0. The first-order valence-corrected chi connectivity index (χ1v) is 9.85. The Morgan fingerprint density at radius 1 is 0.828 bits per heavy atom. The molecule has 0 saturated heterocycles. The summed E-state index contributed by atoms with van der Waals surface area (Å²) in [7, 11) is 0. The van der Waals surface area contributed by atoms with Crippen molar-refractivity contribution in [3.8, 4) is 0 Å². The van der Waals surface area contributed by atoms with Crippen LogP contribution in [0.4, 0.5) is 10.1 Å². The van der Waals surface area contributed by atoms with E-state index in [4.69, 9.17) is 5.10 Å². The average molecular weight is 380 g/mol. The molecule has 3 heteroatoms. The summed E-state index contributed by atoms with van der Waals surface area (Å²) >= 11 is 0. The largest absolute Gasteiger partial charge is 0.257 e. The molecule has 0 aliphatic carbocycles. The summed E-state index contributed by atoms with van der Waals surface area (Å²) in [5.74, 6) is -0.218. The van der Waals surface area contributed by atoms with E-state index in [9.17, 15) is 4.39 Å². The lowest BCUT2D eigenvalue weighted by molar-refractivity contribution is 0.624. The fourth-order valence-corrected chi connectivity index (χ4v) is 3.93. The number of hydrogen-bond acceptors (Lipinski definition) is 2. The van der Waals surface area contributed by atoms with Gasteiger partial charge < -0.3 is 0 Å². The van der Waals surface area contributed by atoms with Crippen LogP contribution in [0.15, 0.2) is 96.1 Å². The van der Waals surface area contributed by atoms with Gasteiger partial charge in [0, 0.05) is 6.42 Å². The maximum atomic E-state index is 13.5. The minimum absolute atomic E-state index is 0.0415. The second kappa shape index (κ2) is 7.17. The molecule has 0 bridgehead atoms. The Bertz CT molecular complexity index is 1190. The van der Waals surface area contributed by atoms with E-state index in [-0.39, 0.29) is 11.9 Å². The number of fused-ring (bicyclic) bond motifs is 1. The van der Waals surface area contributed by atoms with Crippen molar-refractivity contribution in [2.75, 3.05) is 5.01 Å². The first-order chi connectivity index (χ1) is 14.2. The summed E-state index contributed by atoms with van der Waals surface area (Å²) in [5.41, 5.74) is 5.49. The molecule has 1 atom stereocenters. The molecule has 0 fully saturated rings. The summed E-state index contributed by atoms with van der Waals surface area (Å²) in [5, 5.41) is 9.50. The fraction of sp³-hybridized carbons (Fsp3) is 0.115. The van der Waals surface area contributed by atoms with Crippen LogP contribution < -0.4 is 5.01 Å². The van der Waals surface area contributed by atoms with Crippen molar-refractivity contribution in [2.24, 2.45) is 5.10 Å². The Balaban J connectivity index is 1.57. The van der Waals surface area contributed by atoms with Crippen LogP contribution in [-0.4, -0.2) is 5.71 Å². The van der Waals surface area contributed by atoms with E-state index < -0.39 is 0 Å². The van der Waals surface area contributed by atoms with E-state index in [1.54, 1.807) is 0 Å². The van der Waals surface area contributed by atoms with Gasteiger partial charge in [0.2, 0.25) is 0 Å². The molecule has 5 rings (SSSR count). The van der Waals surface area contributed by atoms with Gasteiger partial charge >= 0.3 is 0 Å². The van der Waals surface area contributed by atoms with Crippen LogP contribution in [-0.2, 0) is 0 Å². The van der Waals surface area contributed by atoms with Gasteiger partial charge in [-0.3, -0.25) is 5.01 Å². The quantitative estimate of drug-likeness (QED) is 0.389. The number of halogens is 1. The maximum Gasteiger partial charge on any atom is 0.123 e. The van der Waals surface area contributed by atoms with Gasteiger partial charge in [0.05, 0.1) is 17.4 Å². The number of nitrogens with zero attached hydrogens (tertiary/aromatic N) is 2. The topological polar surface area (TPSA) is 15.6 Å². The first kappa shape index (κ1) is 17.6. The Morgan fingerprint density at radius 2 is 1.55 bits per heavy atom. The highest BCUT2D eigenvalue weighted by atomic mass is 19.1. The molecule has 1 heterocycles. The standard InChI is InChI=1S/C26H21FN2/c1-18-6-14-24(15-7-18)29-26(20-10-12-23(27)13-11-20)17-25(28-29)22-9-8-19-4-2-3-5-21(19)16-22/h2-16,26H,17H2,1H3. The highest BCUT2D eigenvalue weighted by Gasteiger charge is 2.30. The monoisotopic (exact) mass is 380 g/mol. The molecule has 1 unspecified atom stereocenters. The third-order valence-electron chi connectivity index (χ3n) is 5.55. The van der Waals surface area contributed by atoms with Crippen LogP contribution in [0, 0.1) is 12.7 Å². The zero-order valence-electron chi connectivity index (χ0n) is 16.2. The van der Waals surface area contributed by atoms with Gasteiger partial charge in [0.25, 0.3) is 0 Å². The van der Waals surface area contributed by atoms with Crippen LogP contribution in [0.25, 0.3) is 10.8 Å². The number of benzene rings is 4. The zero-order valence-corrected chi connectivity index (χ0v) is 16.2. The molecule has 0 saturated carbocycles. The Morgan fingerprint density at radius 3 is 2.31 bits per heavy atom. The molecule has 1 aliphatic heterocycles. The summed E-state index contributed by atoms with van der Waals surface area (Å²) < 4.78 is 13.5. The Labute approximate surface area is 169 Å². The lowest BCUT2D eigenvalue weighted by Gasteiger charge is -2.24. The normalized spacial score (nSPS) is 16.3. The van der Waals surface area contributed by atoms with Crippen molar-refractivity contribution in [1.29, 1.82) is 0 Å². The smallest absolute Gasteiger partial charge is 0.123 e. The van der Waals surface area contributed by atoms with E-state index in [2.05, 4.69) is 78.7 Å². The highest BCUT2D eigenvalue weighted by molar-refractivity contribution is 6.05. The van der Waals surface area contributed by atoms with Crippen molar-refractivity contribution in [2.45, 2.75) is 19.4 Å². The van der Waals surface area contributed by atoms with E-state index in [0.29, 0.717) is 0 Å². The fourth-order valence-electron chi connectivity index (χ4n) is 3.93. The number of aryl methyl sites for hydroxylation is 1. The second-order valence-corrected chi connectivity index (χ2v) is 7.56. The SMILES string of the molecule is Cc1ccc(N2N=C(c3ccc4ccccc4c3)CC2c2ccc(F)cc2)cc1. The molecule has 142 valence electrons.